The SMILES string of the molecule is Nc1scc(CN2CCN(c3ccccc3-c3ccc(F)c(F)c3F)CC2)c1C(=O)c1ccc(Cl)cc1. The molecular formula is C28H23ClF3N3OS. The molecule has 190 valence electrons. The molecule has 4 nitrogen and oxygen atoms in total. The molecule has 1 fully saturated rings. The van der Waals surface area contributed by atoms with Crippen molar-refractivity contribution in [2.24, 2.45) is 0 Å². The average Bonchev–Trinajstić information content (AvgIpc) is 3.27. The van der Waals surface area contributed by atoms with E-state index in [1.54, 1.807) is 36.4 Å². The third-order valence-corrected chi connectivity index (χ3v) is 7.68. The molecule has 1 saturated heterocycles. The van der Waals surface area contributed by atoms with Gasteiger partial charge < -0.3 is 10.6 Å². The monoisotopic (exact) mass is 541 g/mol. The molecule has 0 bridgehead atoms. The summed E-state index contributed by atoms with van der Waals surface area (Å²) < 4.78 is 42.0. The number of thiophene rings is 1. The molecule has 1 aliphatic rings. The van der Waals surface area contributed by atoms with Crippen LogP contribution in [-0.4, -0.2) is 36.9 Å². The lowest BCUT2D eigenvalue weighted by Crippen LogP contribution is -2.46. The Balaban J connectivity index is 1.31. The van der Waals surface area contributed by atoms with Gasteiger partial charge in [0.25, 0.3) is 0 Å². The number of hydrogen-bond donors (Lipinski definition) is 1. The summed E-state index contributed by atoms with van der Waals surface area (Å²) in [5, 5.41) is 2.96. The van der Waals surface area contributed by atoms with E-state index >= 15 is 0 Å². The fourth-order valence-electron chi connectivity index (χ4n) is 4.63. The molecule has 4 aromatic rings. The Kier molecular flexibility index (Phi) is 7.24. The number of nitrogens with zero attached hydrogens (tertiary/aromatic N) is 2. The first-order chi connectivity index (χ1) is 17.8. The van der Waals surface area contributed by atoms with Crippen LogP contribution in [-0.2, 0) is 6.54 Å². The number of piperazine rings is 1. The van der Waals surface area contributed by atoms with Crippen molar-refractivity contribution in [3.8, 4) is 11.1 Å². The fourth-order valence-corrected chi connectivity index (χ4v) is 5.56. The summed E-state index contributed by atoms with van der Waals surface area (Å²) in [6, 6.07) is 16.1. The minimum absolute atomic E-state index is 0.0241. The number of anilines is 2. The van der Waals surface area contributed by atoms with E-state index in [-0.39, 0.29) is 11.3 Å². The van der Waals surface area contributed by atoms with Gasteiger partial charge in [0.05, 0.1) is 10.6 Å². The number of nitrogens with two attached hydrogens (primary N) is 1. The van der Waals surface area contributed by atoms with Crippen LogP contribution in [0, 0.1) is 17.5 Å². The second-order valence-corrected chi connectivity index (χ2v) is 10.2. The molecule has 0 spiro atoms. The number of ketones is 1. The zero-order chi connectivity index (χ0) is 26.1. The van der Waals surface area contributed by atoms with Gasteiger partial charge in [-0.2, -0.15) is 0 Å². The van der Waals surface area contributed by atoms with E-state index in [9.17, 15) is 18.0 Å². The third kappa shape index (κ3) is 5.09. The van der Waals surface area contributed by atoms with Crippen LogP contribution in [0.1, 0.15) is 21.5 Å². The Hall–Kier alpha value is -3.33. The first kappa shape index (κ1) is 25.3. The summed E-state index contributed by atoms with van der Waals surface area (Å²) in [7, 11) is 0. The van der Waals surface area contributed by atoms with E-state index in [0.29, 0.717) is 59.4 Å². The van der Waals surface area contributed by atoms with E-state index in [0.717, 1.165) is 17.3 Å². The molecule has 9 heteroatoms. The van der Waals surface area contributed by atoms with Crippen LogP contribution in [0.3, 0.4) is 0 Å². The predicted molar refractivity (Wildman–Crippen MR) is 143 cm³/mol. The van der Waals surface area contributed by atoms with Crippen LogP contribution >= 0.6 is 22.9 Å². The largest absolute Gasteiger partial charge is 0.390 e. The number of nitrogen functional groups attached to an aromatic ring is 1. The molecule has 1 aromatic heterocycles. The van der Waals surface area contributed by atoms with Gasteiger partial charge in [-0.15, -0.1) is 11.3 Å². The van der Waals surface area contributed by atoms with Crippen molar-refractivity contribution in [2.75, 3.05) is 36.8 Å². The van der Waals surface area contributed by atoms with E-state index in [2.05, 4.69) is 9.80 Å². The Bertz CT molecular complexity index is 1450. The first-order valence-corrected chi connectivity index (χ1v) is 13.0. The Morgan fingerprint density at radius 3 is 2.32 bits per heavy atom. The predicted octanol–water partition coefficient (Wildman–Crippen LogP) is 6.62. The molecule has 2 heterocycles. The maximum atomic E-state index is 14.6. The lowest BCUT2D eigenvalue weighted by Gasteiger charge is -2.37. The smallest absolute Gasteiger partial charge is 0.196 e. The second-order valence-electron chi connectivity index (χ2n) is 8.84. The van der Waals surface area contributed by atoms with Gasteiger partial charge in [0.15, 0.2) is 23.2 Å². The van der Waals surface area contributed by atoms with Crippen LogP contribution in [0.25, 0.3) is 11.1 Å². The van der Waals surface area contributed by atoms with Crippen molar-refractivity contribution in [1.82, 2.24) is 4.90 Å². The lowest BCUT2D eigenvalue weighted by atomic mass is 10.0. The fraction of sp³-hybridized carbons (Fsp3) is 0.179. The van der Waals surface area contributed by atoms with E-state index in [4.69, 9.17) is 17.3 Å². The van der Waals surface area contributed by atoms with Crippen molar-refractivity contribution < 1.29 is 18.0 Å². The highest BCUT2D eigenvalue weighted by atomic mass is 35.5. The molecule has 0 unspecified atom stereocenters. The third-order valence-electron chi connectivity index (χ3n) is 6.57. The molecule has 2 N–H and O–H groups in total. The molecule has 37 heavy (non-hydrogen) atoms. The van der Waals surface area contributed by atoms with Gasteiger partial charge in [-0.1, -0.05) is 29.8 Å². The van der Waals surface area contributed by atoms with Crippen molar-refractivity contribution in [3.63, 3.8) is 0 Å². The summed E-state index contributed by atoms with van der Waals surface area (Å²) in [5.74, 6) is -4.02. The van der Waals surface area contributed by atoms with Gasteiger partial charge in [0.1, 0.15) is 0 Å². The van der Waals surface area contributed by atoms with E-state index in [1.807, 2.05) is 17.5 Å². The molecule has 0 radical (unpaired) electrons. The molecule has 5 rings (SSSR count). The van der Waals surface area contributed by atoms with Gasteiger partial charge in [0, 0.05) is 60.1 Å². The maximum Gasteiger partial charge on any atom is 0.196 e. The van der Waals surface area contributed by atoms with E-state index < -0.39 is 17.5 Å². The number of carbonyl (C=O) groups is 1. The Labute approximate surface area is 221 Å². The highest BCUT2D eigenvalue weighted by molar-refractivity contribution is 7.14. The molecule has 0 saturated carbocycles. The zero-order valence-corrected chi connectivity index (χ0v) is 21.3. The number of hydrogen-bond acceptors (Lipinski definition) is 5. The second kappa shape index (κ2) is 10.6. The van der Waals surface area contributed by atoms with Crippen LogP contribution in [0.5, 0.6) is 0 Å². The molecular weight excluding hydrogens is 519 g/mol. The number of para-hydroxylation sites is 1. The number of benzene rings is 3. The van der Waals surface area contributed by atoms with Crippen LogP contribution in [0.4, 0.5) is 23.9 Å². The molecule has 0 aliphatic carbocycles. The summed E-state index contributed by atoms with van der Waals surface area (Å²) in [6.07, 6.45) is 0. The molecule has 0 amide bonds. The average molecular weight is 542 g/mol. The standard InChI is InChI=1S/C28H23ClF3N3OS/c29-19-7-5-17(6-8-19)27(36)24-18(16-37-28(24)33)15-34-11-13-35(14-12-34)23-4-2-1-3-20(23)21-9-10-22(30)26(32)25(21)31/h1-10,16H,11-15,33H2. The highest BCUT2D eigenvalue weighted by Gasteiger charge is 2.25. The topological polar surface area (TPSA) is 49.6 Å². The van der Waals surface area contributed by atoms with Crippen LogP contribution in [0.15, 0.2) is 66.0 Å². The summed E-state index contributed by atoms with van der Waals surface area (Å²) in [4.78, 5) is 17.5. The maximum absolute atomic E-state index is 14.6. The zero-order valence-electron chi connectivity index (χ0n) is 19.7. The normalized spacial score (nSPS) is 14.2. The highest BCUT2D eigenvalue weighted by Crippen LogP contribution is 2.35. The van der Waals surface area contributed by atoms with Crippen LogP contribution in [0.2, 0.25) is 5.02 Å². The summed E-state index contributed by atoms with van der Waals surface area (Å²) >= 11 is 7.31. The van der Waals surface area contributed by atoms with Gasteiger partial charge >= 0.3 is 0 Å². The quantitative estimate of drug-likeness (QED) is 0.220. The van der Waals surface area contributed by atoms with Gasteiger partial charge in [-0.3, -0.25) is 9.69 Å². The van der Waals surface area contributed by atoms with E-state index in [1.165, 1.54) is 17.4 Å². The van der Waals surface area contributed by atoms with Crippen molar-refractivity contribution >= 4 is 39.4 Å². The Morgan fingerprint density at radius 2 is 1.59 bits per heavy atom. The van der Waals surface area contributed by atoms with Crippen molar-refractivity contribution in [3.05, 3.63) is 105 Å². The molecule has 1 aliphatic heterocycles. The first-order valence-electron chi connectivity index (χ1n) is 11.7. The molecule has 3 aromatic carbocycles. The number of carbonyl (C=O) groups excluding carboxylic acids is 1. The van der Waals surface area contributed by atoms with Gasteiger partial charge in [-0.05, 0) is 53.4 Å². The number of rotatable bonds is 6. The van der Waals surface area contributed by atoms with Gasteiger partial charge in [0.2, 0.25) is 0 Å². The number of halogens is 4. The summed E-state index contributed by atoms with van der Waals surface area (Å²) in [6.45, 7) is 3.23. The van der Waals surface area contributed by atoms with Crippen molar-refractivity contribution in [2.45, 2.75) is 6.54 Å². The summed E-state index contributed by atoms with van der Waals surface area (Å²) in [5.41, 5.74) is 9.39. The van der Waals surface area contributed by atoms with Crippen molar-refractivity contribution in [1.29, 1.82) is 0 Å². The minimum Gasteiger partial charge on any atom is -0.390 e. The molecule has 0 atom stereocenters. The van der Waals surface area contributed by atoms with Gasteiger partial charge in [-0.25, -0.2) is 13.2 Å². The van der Waals surface area contributed by atoms with Crippen LogP contribution < -0.4 is 10.6 Å². The lowest BCUT2D eigenvalue weighted by molar-refractivity contribution is 0.103. The minimum atomic E-state index is -1.48. The Morgan fingerprint density at radius 1 is 0.892 bits per heavy atom.